The van der Waals surface area contributed by atoms with E-state index in [9.17, 15) is 9.59 Å². The van der Waals surface area contributed by atoms with Gasteiger partial charge in [0.1, 0.15) is 5.82 Å². The zero-order valence-electron chi connectivity index (χ0n) is 15.1. The molecular formula is C20H23BrN4O2. The molecule has 0 spiro atoms. The van der Waals surface area contributed by atoms with Crippen LogP contribution in [-0.2, 0) is 16.1 Å². The van der Waals surface area contributed by atoms with E-state index in [1.807, 2.05) is 35.2 Å². The third-order valence-corrected chi connectivity index (χ3v) is 5.85. The second-order valence-electron chi connectivity index (χ2n) is 7.36. The number of nitrogens with one attached hydrogen (secondary N) is 1. The number of benzene rings is 1. The Kier molecular flexibility index (Phi) is 5.29. The number of nitrogens with zero attached hydrogens (tertiary/aromatic N) is 3. The second kappa shape index (κ2) is 7.84. The van der Waals surface area contributed by atoms with Gasteiger partial charge in [-0.3, -0.25) is 9.59 Å². The molecule has 1 N–H and O–H groups in total. The van der Waals surface area contributed by atoms with E-state index in [1.165, 1.54) is 0 Å². The van der Waals surface area contributed by atoms with Crippen LogP contribution < -0.4 is 5.32 Å². The minimum absolute atomic E-state index is 0.0195. The molecule has 2 aromatic rings. The van der Waals surface area contributed by atoms with Gasteiger partial charge in [0, 0.05) is 35.5 Å². The Morgan fingerprint density at radius 1 is 1.04 bits per heavy atom. The summed E-state index contributed by atoms with van der Waals surface area (Å²) < 4.78 is 2.83. The van der Waals surface area contributed by atoms with Crippen LogP contribution in [0.4, 0.5) is 5.82 Å². The quantitative estimate of drug-likeness (QED) is 0.790. The summed E-state index contributed by atoms with van der Waals surface area (Å²) in [5, 5.41) is 7.35. The fourth-order valence-electron chi connectivity index (χ4n) is 3.51. The van der Waals surface area contributed by atoms with Gasteiger partial charge in [0.25, 0.3) is 0 Å². The summed E-state index contributed by atoms with van der Waals surface area (Å²) in [5.41, 5.74) is 1.12. The average molecular weight is 431 g/mol. The summed E-state index contributed by atoms with van der Waals surface area (Å²) in [6, 6.07) is 9.87. The summed E-state index contributed by atoms with van der Waals surface area (Å²) in [5.74, 6) is 1.21. The van der Waals surface area contributed by atoms with Crippen molar-refractivity contribution in [1.29, 1.82) is 0 Å². The van der Waals surface area contributed by atoms with Crippen molar-refractivity contribution in [1.82, 2.24) is 14.7 Å². The topological polar surface area (TPSA) is 67.2 Å². The number of amides is 2. The lowest BCUT2D eigenvalue weighted by atomic mass is 9.95. The molecule has 6 nitrogen and oxygen atoms in total. The minimum Gasteiger partial charge on any atom is -0.342 e. The molecule has 2 heterocycles. The van der Waals surface area contributed by atoms with Crippen molar-refractivity contribution in [2.24, 2.45) is 11.8 Å². The predicted molar refractivity (Wildman–Crippen MR) is 106 cm³/mol. The number of aromatic nitrogens is 2. The number of anilines is 1. The van der Waals surface area contributed by atoms with Gasteiger partial charge in [0.05, 0.1) is 12.7 Å². The molecule has 1 saturated heterocycles. The Bertz CT molecular complexity index is 821. The van der Waals surface area contributed by atoms with Crippen molar-refractivity contribution < 1.29 is 9.59 Å². The molecule has 4 rings (SSSR count). The molecule has 27 heavy (non-hydrogen) atoms. The molecule has 1 aromatic heterocycles. The lowest BCUT2D eigenvalue weighted by Crippen LogP contribution is -2.42. The smallest absolute Gasteiger partial charge is 0.228 e. The molecule has 0 atom stereocenters. The van der Waals surface area contributed by atoms with Crippen molar-refractivity contribution >= 4 is 33.6 Å². The first-order valence-electron chi connectivity index (χ1n) is 9.46. The summed E-state index contributed by atoms with van der Waals surface area (Å²) >= 11 is 3.44. The van der Waals surface area contributed by atoms with Crippen LogP contribution in [0.1, 0.15) is 31.2 Å². The van der Waals surface area contributed by atoms with Crippen LogP contribution in [0.5, 0.6) is 0 Å². The molecule has 2 fully saturated rings. The molecule has 2 amide bonds. The zero-order chi connectivity index (χ0) is 18.8. The molecule has 0 unspecified atom stereocenters. The van der Waals surface area contributed by atoms with Gasteiger partial charge in [-0.1, -0.05) is 28.1 Å². The highest BCUT2D eigenvalue weighted by Gasteiger charge is 2.36. The molecule has 1 saturated carbocycles. The van der Waals surface area contributed by atoms with E-state index in [4.69, 9.17) is 0 Å². The molecule has 2 aliphatic rings. The van der Waals surface area contributed by atoms with E-state index in [-0.39, 0.29) is 23.7 Å². The van der Waals surface area contributed by atoms with Crippen LogP contribution in [0.3, 0.4) is 0 Å². The van der Waals surface area contributed by atoms with E-state index >= 15 is 0 Å². The molecule has 0 bridgehead atoms. The van der Waals surface area contributed by atoms with Gasteiger partial charge < -0.3 is 10.2 Å². The van der Waals surface area contributed by atoms with Crippen LogP contribution >= 0.6 is 15.9 Å². The maximum absolute atomic E-state index is 12.7. The van der Waals surface area contributed by atoms with Crippen LogP contribution in [0.15, 0.2) is 41.0 Å². The largest absolute Gasteiger partial charge is 0.342 e. The predicted octanol–water partition coefficient (Wildman–Crippen LogP) is 3.28. The van der Waals surface area contributed by atoms with E-state index in [1.54, 1.807) is 10.9 Å². The number of hydrogen-bond acceptors (Lipinski definition) is 3. The summed E-state index contributed by atoms with van der Waals surface area (Å²) in [4.78, 5) is 26.7. The number of rotatable bonds is 5. The van der Waals surface area contributed by atoms with Gasteiger partial charge in [-0.2, -0.15) is 5.10 Å². The normalized spacial score (nSPS) is 17.7. The van der Waals surface area contributed by atoms with Gasteiger partial charge in [-0.25, -0.2) is 4.68 Å². The molecule has 0 radical (unpaired) electrons. The highest BCUT2D eigenvalue weighted by molar-refractivity contribution is 9.10. The molecule has 1 aliphatic carbocycles. The SMILES string of the molecule is O=C(Nc1ccnn1Cc1ccc(Br)cc1)C1CCN(C(=O)C2CC2)CC1. The number of piperidine rings is 1. The lowest BCUT2D eigenvalue weighted by Gasteiger charge is -2.31. The molecular weight excluding hydrogens is 408 g/mol. The maximum Gasteiger partial charge on any atom is 0.228 e. The Morgan fingerprint density at radius 2 is 1.74 bits per heavy atom. The first kappa shape index (κ1) is 18.2. The van der Waals surface area contributed by atoms with Crippen LogP contribution in [0, 0.1) is 11.8 Å². The standard InChI is InChI=1S/C20H23BrN4O2/c21-17-5-1-14(2-6-17)13-25-18(7-10-22-25)23-19(26)15-8-11-24(12-9-15)20(27)16-3-4-16/h1-2,5-7,10,15-16H,3-4,8-9,11-13H2,(H,23,26). The maximum atomic E-state index is 12.7. The van der Waals surface area contributed by atoms with E-state index in [0.717, 1.165) is 35.7 Å². The number of hydrogen-bond donors (Lipinski definition) is 1. The van der Waals surface area contributed by atoms with Gasteiger partial charge in [-0.05, 0) is 43.4 Å². The zero-order valence-corrected chi connectivity index (χ0v) is 16.7. The molecule has 7 heteroatoms. The fraction of sp³-hybridized carbons (Fsp3) is 0.450. The summed E-state index contributed by atoms with van der Waals surface area (Å²) in [6.07, 6.45) is 5.21. The number of halogens is 1. The van der Waals surface area contributed by atoms with Crippen LogP contribution in [0.25, 0.3) is 0 Å². The van der Waals surface area contributed by atoms with Crippen molar-refractivity contribution in [2.45, 2.75) is 32.2 Å². The van der Waals surface area contributed by atoms with Gasteiger partial charge >= 0.3 is 0 Å². The highest BCUT2D eigenvalue weighted by Crippen LogP contribution is 2.32. The van der Waals surface area contributed by atoms with Crippen molar-refractivity contribution in [3.63, 3.8) is 0 Å². The Labute approximate surface area is 167 Å². The Hall–Kier alpha value is -2.15. The average Bonchev–Trinajstić information content (AvgIpc) is 3.45. The highest BCUT2D eigenvalue weighted by atomic mass is 79.9. The number of likely N-dealkylation sites (tertiary alicyclic amines) is 1. The first-order valence-corrected chi connectivity index (χ1v) is 10.3. The van der Waals surface area contributed by atoms with Crippen molar-refractivity contribution in [2.75, 3.05) is 18.4 Å². The van der Waals surface area contributed by atoms with Crippen molar-refractivity contribution in [3.05, 3.63) is 46.6 Å². The Balaban J connectivity index is 1.33. The van der Waals surface area contributed by atoms with Gasteiger partial charge in [0.15, 0.2) is 0 Å². The van der Waals surface area contributed by atoms with E-state index < -0.39 is 0 Å². The van der Waals surface area contributed by atoms with E-state index in [2.05, 4.69) is 26.3 Å². The molecule has 1 aliphatic heterocycles. The van der Waals surface area contributed by atoms with E-state index in [0.29, 0.717) is 25.5 Å². The number of carbonyl (C=O) groups is 2. The lowest BCUT2D eigenvalue weighted by molar-refractivity contribution is -0.135. The van der Waals surface area contributed by atoms with Crippen molar-refractivity contribution in [3.8, 4) is 0 Å². The minimum atomic E-state index is -0.0516. The third kappa shape index (κ3) is 4.40. The second-order valence-corrected chi connectivity index (χ2v) is 8.28. The Morgan fingerprint density at radius 3 is 2.41 bits per heavy atom. The summed E-state index contributed by atoms with van der Waals surface area (Å²) in [7, 11) is 0. The fourth-order valence-corrected chi connectivity index (χ4v) is 3.77. The number of carbonyl (C=O) groups excluding carboxylic acids is 2. The van der Waals surface area contributed by atoms with Gasteiger partial charge in [-0.15, -0.1) is 0 Å². The molecule has 1 aromatic carbocycles. The first-order chi connectivity index (χ1) is 13.1. The van der Waals surface area contributed by atoms with Gasteiger partial charge in [0.2, 0.25) is 11.8 Å². The molecule has 142 valence electrons. The third-order valence-electron chi connectivity index (χ3n) is 5.32. The van der Waals surface area contributed by atoms with Crippen LogP contribution in [0.2, 0.25) is 0 Å². The summed E-state index contributed by atoms with van der Waals surface area (Å²) in [6.45, 7) is 1.97. The monoisotopic (exact) mass is 430 g/mol. The van der Waals surface area contributed by atoms with Crippen LogP contribution in [-0.4, -0.2) is 39.6 Å².